The van der Waals surface area contributed by atoms with Gasteiger partial charge in [0.2, 0.25) is 0 Å². The smallest absolute Gasteiger partial charge is 0.259 e. The molecule has 0 saturated carbocycles. The Bertz CT molecular complexity index is 844. The van der Waals surface area contributed by atoms with Crippen LogP contribution in [0.5, 0.6) is 11.5 Å². The van der Waals surface area contributed by atoms with Crippen LogP contribution in [-0.2, 0) is 6.42 Å². The molecule has 0 aliphatic heterocycles. The number of benzene rings is 1. The summed E-state index contributed by atoms with van der Waals surface area (Å²) in [6.45, 7) is 0. The van der Waals surface area contributed by atoms with Gasteiger partial charge in [-0.1, -0.05) is 6.07 Å². The van der Waals surface area contributed by atoms with Crippen molar-refractivity contribution in [3.8, 4) is 11.5 Å². The second kappa shape index (κ2) is 7.01. The zero-order chi connectivity index (χ0) is 18.0. The largest absolute Gasteiger partial charge is 0.497 e. The molecule has 6 heteroatoms. The zero-order valence-electron chi connectivity index (χ0n) is 14.7. The van der Waals surface area contributed by atoms with Gasteiger partial charge in [-0.15, -0.1) is 0 Å². The van der Waals surface area contributed by atoms with Gasteiger partial charge in [-0.3, -0.25) is 9.59 Å². The number of carbonyl (C=O) groups excluding carboxylic acids is 1. The topological polar surface area (TPSA) is 71.6 Å². The highest BCUT2D eigenvalue weighted by molar-refractivity contribution is 5.96. The molecule has 1 aromatic carbocycles. The van der Waals surface area contributed by atoms with Crippen LogP contribution in [-0.4, -0.2) is 37.1 Å². The van der Waals surface area contributed by atoms with Crippen molar-refractivity contribution in [3.63, 3.8) is 0 Å². The summed E-state index contributed by atoms with van der Waals surface area (Å²) < 4.78 is 10.5. The van der Waals surface area contributed by atoms with Gasteiger partial charge in [-0.05, 0) is 42.5 Å². The Morgan fingerprint density at radius 2 is 2.04 bits per heavy atom. The quantitative estimate of drug-likeness (QED) is 0.927. The van der Waals surface area contributed by atoms with Gasteiger partial charge >= 0.3 is 0 Å². The van der Waals surface area contributed by atoms with Crippen molar-refractivity contribution >= 4 is 5.91 Å². The SMILES string of the molecule is COc1ccc2c(c1)CCCC2N(C)C(=O)c1c[nH]c(=O)cc1OC. The first-order valence-corrected chi connectivity index (χ1v) is 8.26. The molecule has 0 bridgehead atoms. The molecule has 1 aromatic heterocycles. The zero-order valence-corrected chi connectivity index (χ0v) is 14.7. The predicted octanol–water partition coefficient (Wildman–Crippen LogP) is 2.54. The van der Waals surface area contributed by atoms with Crippen molar-refractivity contribution in [3.05, 3.63) is 57.5 Å². The van der Waals surface area contributed by atoms with E-state index in [0.29, 0.717) is 5.56 Å². The molecule has 0 fully saturated rings. The van der Waals surface area contributed by atoms with Gasteiger partial charge in [0.1, 0.15) is 11.5 Å². The Kier molecular flexibility index (Phi) is 4.79. The lowest BCUT2D eigenvalue weighted by Crippen LogP contribution is -2.34. The summed E-state index contributed by atoms with van der Waals surface area (Å²) in [4.78, 5) is 28.7. The number of methoxy groups -OCH3 is 2. The third kappa shape index (κ3) is 3.24. The van der Waals surface area contributed by atoms with Crippen LogP contribution in [0, 0.1) is 0 Å². The molecule has 25 heavy (non-hydrogen) atoms. The van der Waals surface area contributed by atoms with Crippen molar-refractivity contribution in [2.75, 3.05) is 21.3 Å². The normalized spacial score (nSPS) is 16.0. The first-order valence-electron chi connectivity index (χ1n) is 8.26. The maximum absolute atomic E-state index is 13.0. The lowest BCUT2D eigenvalue weighted by atomic mass is 9.86. The highest BCUT2D eigenvalue weighted by atomic mass is 16.5. The minimum Gasteiger partial charge on any atom is -0.497 e. The van der Waals surface area contributed by atoms with Gasteiger partial charge in [0.15, 0.2) is 0 Å². The number of nitrogens with zero attached hydrogens (tertiary/aromatic N) is 1. The van der Waals surface area contributed by atoms with E-state index in [-0.39, 0.29) is 23.3 Å². The molecule has 1 aliphatic rings. The Labute approximate surface area is 146 Å². The Morgan fingerprint density at radius 3 is 2.76 bits per heavy atom. The maximum atomic E-state index is 13.0. The number of aryl methyl sites for hydroxylation is 1. The number of hydrogen-bond acceptors (Lipinski definition) is 4. The number of rotatable bonds is 4. The molecule has 1 heterocycles. The van der Waals surface area contributed by atoms with Gasteiger partial charge in [0.25, 0.3) is 11.5 Å². The van der Waals surface area contributed by atoms with E-state index >= 15 is 0 Å². The summed E-state index contributed by atoms with van der Waals surface area (Å²) in [6, 6.07) is 7.28. The summed E-state index contributed by atoms with van der Waals surface area (Å²) in [5, 5.41) is 0. The van der Waals surface area contributed by atoms with Crippen LogP contribution in [0.3, 0.4) is 0 Å². The van der Waals surface area contributed by atoms with Gasteiger partial charge in [0, 0.05) is 19.3 Å². The van der Waals surface area contributed by atoms with Gasteiger partial charge in [-0.25, -0.2) is 0 Å². The van der Waals surface area contributed by atoms with Crippen LogP contribution >= 0.6 is 0 Å². The van der Waals surface area contributed by atoms with Crippen molar-refractivity contribution in [1.29, 1.82) is 0 Å². The van der Waals surface area contributed by atoms with E-state index in [4.69, 9.17) is 9.47 Å². The minimum absolute atomic E-state index is 0.0150. The third-order valence-corrected chi connectivity index (χ3v) is 4.76. The summed E-state index contributed by atoms with van der Waals surface area (Å²) in [5.74, 6) is 0.934. The van der Waals surface area contributed by atoms with E-state index in [0.717, 1.165) is 30.6 Å². The number of nitrogens with one attached hydrogen (secondary N) is 1. The molecule has 1 unspecified atom stereocenters. The van der Waals surface area contributed by atoms with Gasteiger partial charge in [-0.2, -0.15) is 0 Å². The number of aromatic amines is 1. The highest BCUT2D eigenvalue weighted by Gasteiger charge is 2.29. The molecular weight excluding hydrogens is 320 g/mol. The molecule has 1 amide bonds. The van der Waals surface area contributed by atoms with E-state index < -0.39 is 0 Å². The fraction of sp³-hybridized carbons (Fsp3) is 0.368. The number of H-pyrrole nitrogens is 1. The Balaban J connectivity index is 1.93. The van der Waals surface area contributed by atoms with Crippen LogP contribution in [0.15, 0.2) is 35.3 Å². The van der Waals surface area contributed by atoms with Crippen LogP contribution in [0.1, 0.15) is 40.4 Å². The van der Waals surface area contributed by atoms with Gasteiger partial charge < -0.3 is 19.4 Å². The van der Waals surface area contributed by atoms with E-state index in [2.05, 4.69) is 4.98 Å². The fourth-order valence-electron chi connectivity index (χ4n) is 3.41. The number of amides is 1. The molecule has 132 valence electrons. The van der Waals surface area contributed by atoms with E-state index in [1.54, 1.807) is 19.1 Å². The fourth-order valence-corrected chi connectivity index (χ4v) is 3.41. The summed E-state index contributed by atoms with van der Waals surface area (Å²) >= 11 is 0. The molecular formula is C19H22N2O4. The molecule has 0 spiro atoms. The lowest BCUT2D eigenvalue weighted by Gasteiger charge is -2.33. The highest BCUT2D eigenvalue weighted by Crippen LogP contribution is 2.36. The van der Waals surface area contributed by atoms with Crippen LogP contribution in [0.25, 0.3) is 0 Å². The number of ether oxygens (including phenoxy) is 2. The van der Waals surface area contributed by atoms with Crippen LogP contribution < -0.4 is 15.0 Å². The van der Waals surface area contributed by atoms with E-state index in [1.165, 1.54) is 24.9 Å². The number of carbonyl (C=O) groups is 1. The molecule has 2 aromatic rings. The number of pyridine rings is 1. The molecule has 0 radical (unpaired) electrons. The van der Waals surface area contributed by atoms with Crippen LogP contribution in [0.4, 0.5) is 0 Å². The third-order valence-electron chi connectivity index (χ3n) is 4.76. The number of aromatic nitrogens is 1. The lowest BCUT2D eigenvalue weighted by molar-refractivity contribution is 0.0711. The molecule has 1 aliphatic carbocycles. The molecule has 0 saturated heterocycles. The van der Waals surface area contributed by atoms with Crippen molar-refractivity contribution < 1.29 is 14.3 Å². The van der Waals surface area contributed by atoms with Gasteiger partial charge in [0.05, 0.1) is 25.8 Å². The predicted molar refractivity (Wildman–Crippen MR) is 94.4 cm³/mol. The average molecular weight is 342 g/mol. The Morgan fingerprint density at radius 1 is 1.24 bits per heavy atom. The minimum atomic E-state index is -0.300. The number of fused-ring (bicyclic) bond motifs is 1. The van der Waals surface area contributed by atoms with Crippen molar-refractivity contribution in [2.24, 2.45) is 0 Å². The molecule has 1 N–H and O–H groups in total. The summed E-state index contributed by atoms with van der Waals surface area (Å²) in [5.41, 5.74) is 2.41. The maximum Gasteiger partial charge on any atom is 0.259 e. The van der Waals surface area contributed by atoms with E-state index in [9.17, 15) is 9.59 Å². The molecule has 3 rings (SSSR count). The van der Waals surface area contributed by atoms with Crippen LogP contribution in [0.2, 0.25) is 0 Å². The standard InChI is InChI=1S/C19H22N2O4/c1-21(19(23)15-11-20-18(22)10-17(15)25-3)16-6-4-5-12-9-13(24-2)7-8-14(12)16/h7-11,16H,4-6H2,1-3H3,(H,20,22). The number of hydrogen-bond donors (Lipinski definition) is 1. The van der Waals surface area contributed by atoms with Crippen molar-refractivity contribution in [2.45, 2.75) is 25.3 Å². The second-order valence-corrected chi connectivity index (χ2v) is 6.17. The summed E-state index contributed by atoms with van der Waals surface area (Å²) in [7, 11) is 4.89. The second-order valence-electron chi connectivity index (χ2n) is 6.17. The monoisotopic (exact) mass is 342 g/mol. The first kappa shape index (κ1) is 17.1. The average Bonchev–Trinajstić information content (AvgIpc) is 2.65. The molecule has 6 nitrogen and oxygen atoms in total. The first-order chi connectivity index (χ1) is 12.0. The summed E-state index contributed by atoms with van der Waals surface area (Å²) in [6.07, 6.45) is 4.29. The van der Waals surface area contributed by atoms with E-state index in [1.807, 2.05) is 18.2 Å². The Hall–Kier alpha value is -2.76. The molecule has 1 atom stereocenters. The van der Waals surface area contributed by atoms with Crippen molar-refractivity contribution in [1.82, 2.24) is 9.88 Å².